The average Bonchev–Trinajstić information content (AvgIpc) is 2.59. The minimum absolute atomic E-state index is 0.0118. The van der Waals surface area contributed by atoms with Gasteiger partial charge in [-0.2, -0.15) is 26.3 Å². The van der Waals surface area contributed by atoms with E-state index in [-0.39, 0.29) is 5.69 Å². The first-order valence-corrected chi connectivity index (χ1v) is 9.43. The number of ether oxygens (including phenoxy) is 2. The van der Waals surface area contributed by atoms with Gasteiger partial charge in [-0.3, -0.25) is 4.72 Å². The second kappa shape index (κ2) is 8.57. The summed E-state index contributed by atoms with van der Waals surface area (Å²) in [5.74, 6) is -1.25. The molecule has 0 aliphatic carbocycles. The van der Waals surface area contributed by atoms with Gasteiger partial charge in [0.2, 0.25) is 0 Å². The third kappa shape index (κ3) is 7.54. The highest BCUT2D eigenvalue weighted by Gasteiger charge is 2.31. The van der Waals surface area contributed by atoms with E-state index in [9.17, 15) is 34.8 Å². The smallest absolute Gasteiger partial charge is 0.422 e. The molecule has 0 aliphatic rings. The number of sulfonamides is 1. The molecular weight excluding hydrogens is 452 g/mol. The SMILES string of the molecule is O=S(=O)(Nc1ccc(Cl)cc1)c1cc(OCC(F)(F)F)ccc1OCC(F)(F)F. The van der Waals surface area contributed by atoms with Crippen molar-refractivity contribution < 1.29 is 44.2 Å². The van der Waals surface area contributed by atoms with E-state index in [4.69, 9.17) is 11.6 Å². The van der Waals surface area contributed by atoms with Crippen LogP contribution in [0, 0.1) is 0 Å². The molecule has 2 rings (SSSR count). The van der Waals surface area contributed by atoms with Crippen LogP contribution in [0.25, 0.3) is 0 Å². The molecule has 0 spiro atoms. The van der Waals surface area contributed by atoms with Gasteiger partial charge < -0.3 is 9.47 Å². The maximum atomic E-state index is 12.6. The van der Waals surface area contributed by atoms with Crippen molar-refractivity contribution in [3.8, 4) is 11.5 Å². The van der Waals surface area contributed by atoms with Crippen molar-refractivity contribution in [2.24, 2.45) is 0 Å². The summed E-state index contributed by atoms with van der Waals surface area (Å²) in [6.45, 7) is -3.53. The maximum Gasteiger partial charge on any atom is 0.422 e. The fourth-order valence-electron chi connectivity index (χ4n) is 1.96. The minimum atomic E-state index is -4.77. The van der Waals surface area contributed by atoms with Crippen LogP contribution in [0.15, 0.2) is 47.4 Å². The van der Waals surface area contributed by atoms with Crippen molar-refractivity contribution in [3.63, 3.8) is 0 Å². The highest BCUT2D eigenvalue weighted by atomic mass is 35.5. The van der Waals surface area contributed by atoms with E-state index in [1.54, 1.807) is 0 Å². The molecule has 5 nitrogen and oxygen atoms in total. The Morgan fingerprint density at radius 1 is 0.862 bits per heavy atom. The topological polar surface area (TPSA) is 64.6 Å². The zero-order chi connectivity index (χ0) is 21.9. The van der Waals surface area contributed by atoms with Crippen LogP contribution in [0.3, 0.4) is 0 Å². The Balaban J connectivity index is 2.38. The number of halogens is 7. The van der Waals surface area contributed by atoms with E-state index in [0.29, 0.717) is 11.1 Å². The molecule has 0 unspecified atom stereocenters. The van der Waals surface area contributed by atoms with Crippen molar-refractivity contribution in [2.45, 2.75) is 17.2 Å². The Morgan fingerprint density at radius 2 is 1.41 bits per heavy atom. The Labute approximate surface area is 166 Å². The van der Waals surface area contributed by atoms with Gasteiger partial charge in [-0.05, 0) is 36.4 Å². The fraction of sp³-hybridized carbons (Fsp3) is 0.250. The molecule has 0 amide bonds. The molecule has 0 atom stereocenters. The monoisotopic (exact) mass is 463 g/mol. The molecule has 0 bridgehead atoms. The molecule has 13 heteroatoms. The van der Waals surface area contributed by atoms with E-state index in [1.165, 1.54) is 24.3 Å². The number of benzene rings is 2. The Hall–Kier alpha value is -2.34. The zero-order valence-corrected chi connectivity index (χ0v) is 15.7. The summed E-state index contributed by atoms with van der Waals surface area (Å²) < 4.78 is 110. The molecule has 29 heavy (non-hydrogen) atoms. The molecule has 0 aromatic heterocycles. The van der Waals surface area contributed by atoms with Gasteiger partial charge in [0.15, 0.2) is 13.2 Å². The molecule has 0 fully saturated rings. The summed E-state index contributed by atoms with van der Waals surface area (Å²) in [5.41, 5.74) is 0.0118. The maximum absolute atomic E-state index is 12.6. The second-order valence-corrected chi connectivity index (χ2v) is 7.62. The largest absolute Gasteiger partial charge is 0.484 e. The van der Waals surface area contributed by atoms with Crippen LogP contribution in [0.2, 0.25) is 5.02 Å². The van der Waals surface area contributed by atoms with Crippen molar-refractivity contribution in [2.75, 3.05) is 17.9 Å². The molecule has 0 saturated carbocycles. The molecule has 2 aromatic carbocycles. The predicted molar refractivity (Wildman–Crippen MR) is 91.8 cm³/mol. The van der Waals surface area contributed by atoms with Gasteiger partial charge in [-0.15, -0.1) is 0 Å². The van der Waals surface area contributed by atoms with Crippen molar-refractivity contribution in [1.82, 2.24) is 0 Å². The average molecular weight is 464 g/mol. The number of alkyl halides is 6. The van der Waals surface area contributed by atoms with Crippen molar-refractivity contribution in [3.05, 3.63) is 47.5 Å². The van der Waals surface area contributed by atoms with E-state index in [1.807, 2.05) is 0 Å². The third-order valence-corrected chi connectivity index (χ3v) is 4.75. The molecule has 0 radical (unpaired) electrons. The van der Waals surface area contributed by atoms with Gasteiger partial charge in [0.1, 0.15) is 16.4 Å². The van der Waals surface area contributed by atoms with Crippen molar-refractivity contribution in [1.29, 1.82) is 0 Å². The van der Waals surface area contributed by atoms with Crippen molar-refractivity contribution >= 4 is 27.3 Å². The van der Waals surface area contributed by atoms with Gasteiger partial charge in [-0.1, -0.05) is 11.6 Å². The Morgan fingerprint density at radius 3 is 1.97 bits per heavy atom. The van der Waals surface area contributed by atoms with Crippen LogP contribution < -0.4 is 14.2 Å². The van der Waals surface area contributed by atoms with Crippen LogP contribution in [-0.2, 0) is 10.0 Å². The first-order chi connectivity index (χ1) is 13.3. The molecule has 0 heterocycles. The molecular formula is C16H12ClF6NO4S. The van der Waals surface area contributed by atoms with E-state index in [0.717, 1.165) is 12.1 Å². The van der Waals surface area contributed by atoms with E-state index in [2.05, 4.69) is 14.2 Å². The summed E-state index contributed by atoms with van der Waals surface area (Å²) >= 11 is 5.69. The summed E-state index contributed by atoms with van der Waals surface area (Å²) in [6.07, 6.45) is -9.47. The molecule has 160 valence electrons. The second-order valence-electron chi connectivity index (χ2n) is 5.53. The van der Waals surface area contributed by atoms with E-state index >= 15 is 0 Å². The number of hydrogen-bond donors (Lipinski definition) is 1. The Bertz CT molecular complexity index is 945. The molecule has 0 saturated heterocycles. The first kappa shape index (κ1) is 22.9. The summed E-state index contributed by atoms with van der Waals surface area (Å²) in [7, 11) is -4.55. The minimum Gasteiger partial charge on any atom is -0.484 e. The first-order valence-electron chi connectivity index (χ1n) is 7.57. The Kier molecular flexibility index (Phi) is 6.78. The standard InChI is InChI=1S/C16H12ClF6NO4S/c17-10-1-3-11(4-2-10)24-29(25,26)14-7-12(27-8-15(18,19)20)5-6-13(14)28-9-16(21,22)23/h1-7,24H,8-9H2. The zero-order valence-electron chi connectivity index (χ0n) is 14.1. The molecule has 2 aromatic rings. The third-order valence-electron chi connectivity index (χ3n) is 3.09. The lowest BCUT2D eigenvalue weighted by Gasteiger charge is -2.16. The summed E-state index contributed by atoms with van der Waals surface area (Å²) in [4.78, 5) is -0.837. The molecule has 0 aliphatic heterocycles. The number of hydrogen-bond acceptors (Lipinski definition) is 4. The highest BCUT2D eigenvalue weighted by molar-refractivity contribution is 7.92. The van der Waals surface area contributed by atoms with Gasteiger partial charge in [0.25, 0.3) is 10.0 Å². The predicted octanol–water partition coefficient (Wildman–Crippen LogP) is 5.02. The molecule has 1 N–H and O–H groups in total. The van der Waals surface area contributed by atoms with Gasteiger partial charge >= 0.3 is 12.4 Å². The lowest BCUT2D eigenvalue weighted by atomic mass is 10.3. The van der Waals surface area contributed by atoms with Gasteiger partial charge in [0, 0.05) is 16.8 Å². The number of rotatable bonds is 7. The van der Waals surface area contributed by atoms with Crippen LogP contribution in [0.1, 0.15) is 0 Å². The van der Waals surface area contributed by atoms with Gasteiger partial charge in [0.05, 0.1) is 0 Å². The quantitative estimate of drug-likeness (QED) is 0.585. The van der Waals surface area contributed by atoms with E-state index < -0.39 is 52.0 Å². The summed E-state index contributed by atoms with van der Waals surface area (Å²) in [6, 6.07) is 7.52. The summed E-state index contributed by atoms with van der Waals surface area (Å²) in [5, 5.41) is 0.296. The fourth-order valence-corrected chi connectivity index (χ4v) is 3.31. The number of nitrogens with one attached hydrogen (secondary N) is 1. The number of anilines is 1. The highest BCUT2D eigenvalue weighted by Crippen LogP contribution is 2.32. The van der Waals surface area contributed by atoms with Crippen LogP contribution in [-0.4, -0.2) is 34.0 Å². The lowest BCUT2D eigenvalue weighted by Crippen LogP contribution is -2.22. The normalized spacial score (nSPS) is 12.5. The lowest BCUT2D eigenvalue weighted by molar-refractivity contribution is -0.154. The van der Waals surface area contributed by atoms with Gasteiger partial charge in [-0.25, -0.2) is 8.42 Å². The van der Waals surface area contributed by atoms with Crippen LogP contribution in [0.4, 0.5) is 32.0 Å². The van der Waals surface area contributed by atoms with Crippen LogP contribution in [0.5, 0.6) is 11.5 Å². The van der Waals surface area contributed by atoms with Crippen LogP contribution >= 0.6 is 11.6 Å².